The van der Waals surface area contributed by atoms with Gasteiger partial charge >= 0.3 is 0 Å². The highest BCUT2D eigenvalue weighted by atomic mass is 35.5. The second-order valence-electron chi connectivity index (χ2n) is 11.0. The third kappa shape index (κ3) is 8.86. The molecule has 45 heavy (non-hydrogen) atoms. The number of sulfonamides is 1. The summed E-state index contributed by atoms with van der Waals surface area (Å²) in [5, 5.41) is 3.27. The van der Waals surface area contributed by atoms with Gasteiger partial charge in [-0.25, -0.2) is 8.42 Å². The molecule has 0 saturated carbocycles. The van der Waals surface area contributed by atoms with Gasteiger partial charge in [-0.1, -0.05) is 77.8 Å². The van der Waals surface area contributed by atoms with Crippen molar-refractivity contribution in [2.45, 2.75) is 50.7 Å². The molecule has 4 aromatic rings. The Morgan fingerprint density at radius 2 is 1.53 bits per heavy atom. The number of benzene rings is 4. The van der Waals surface area contributed by atoms with E-state index in [2.05, 4.69) is 5.32 Å². The number of amides is 2. The Bertz CT molecular complexity index is 1700. The number of aryl methyl sites for hydroxylation is 1. The van der Waals surface area contributed by atoms with Crippen molar-refractivity contribution in [3.05, 3.63) is 125 Å². The van der Waals surface area contributed by atoms with Crippen molar-refractivity contribution in [2.24, 2.45) is 0 Å². The number of hydrogen-bond donors (Lipinski definition) is 1. The van der Waals surface area contributed by atoms with Crippen molar-refractivity contribution in [2.75, 3.05) is 18.0 Å². The molecule has 0 heterocycles. The number of nitrogens with one attached hydrogen (secondary N) is 1. The van der Waals surface area contributed by atoms with E-state index in [0.717, 1.165) is 21.0 Å². The summed E-state index contributed by atoms with van der Waals surface area (Å²) in [7, 11) is -2.77. The zero-order valence-electron chi connectivity index (χ0n) is 25.8. The summed E-state index contributed by atoms with van der Waals surface area (Å²) < 4.78 is 34.5. The first kappa shape index (κ1) is 33.6. The number of halogens is 1. The minimum atomic E-state index is -4.26. The molecule has 236 valence electrons. The highest BCUT2D eigenvalue weighted by Gasteiger charge is 2.35. The molecule has 0 aliphatic rings. The van der Waals surface area contributed by atoms with E-state index in [9.17, 15) is 18.0 Å². The number of carbonyl (C=O) groups excluding carboxylic acids is 2. The second kappa shape index (κ2) is 15.1. The molecule has 1 atom stereocenters. The van der Waals surface area contributed by atoms with Gasteiger partial charge in [-0.15, -0.1) is 0 Å². The molecule has 8 nitrogen and oxygen atoms in total. The highest BCUT2D eigenvalue weighted by Crippen LogP contribution is 2.28. The molecular weight excluding hydrogens is 610 g/mol. The molecule has 1 N–H and O–H groups in total. The molecule has 2 amide bonds. The van der Waals surface area contributed by atoms with Crippen molar-refractivity contribution in [1.29, 1.82) is 0 Å². The molecule has 0 aromatic heterocycles. The Morgan fingerprint density at radius 1 is 0.867 bits per heavy atom. The average molecular weight is 648 g/mol. The fourth-order valence-electron chi connectivity index (χ4n) is 4.86. The van der Waals surface area contributed by atoms with Crippen LogP contribution in [0.1, 0.15) is 30.5 Å². The average Bonchev–Trinajstić information content (AvgIpc) is 3.02. The van der Waals surface area contributed by atoms with Crippen LogP contribution in [0.4, 0.5) is 5.69 Å². The Labute approximate surface area is 270 Å². The summed E-state index contributed by atoms with van der Waals surface area (Å²) in [5.74, 6) is -0.391. The second-order valence-corrected chi connectivity index (χ2v) is 13.3. The van der Waals surface area contributed by atoms with E-state index in [4.69, 9.17) is 16.3 Å². The fourth-order valence-corrected chi connectivity index (χ4v) is 6.45. The third-order valence-electron chi connectivity index (χ3n) is 7.20. The maximum Gasteiger partial charge on any atom is 0.264 e. The smallest absolute Gasteiger partial charge is 0.264 e. The quantitative estimate of drug-likeness (QED) is 0.192. The predicted molar refractivity (Wildman–Crippen MR) is 178 cm³/mol. The Morgan fingerprint density at radius 3 is 2.13 bits per heavy atom. The van der Waals surface area contributed by atoms with Crippen LogP contribution in [0.3, 0.4) is 0 Å². The Balaban J connectivity index is 1.80. The monoisotopic (exact) mass is 647 g/mol. The van der Waals surface area contributed by atoms with Crippen LogP contribution >= 0.6 is 11.6 Å². The van der Waals surface area contributed by atoms with E-state index in [1.807, 2.05) is 75.4 Å². The maximum atomic E-state index is 14.5. The summed E-state index contributed by atoms with van der Waals surface area (Å²) in [6, 6.07) is 28.3. The number of hydrogen-bond acceptors (Lipinski definition) is 5. The molecular formula is C35H38ClN3O5S. The topological polar surface area (TPSA) is 96.0 Å². The highest BCUT2D eigenvalue weighted by molar-refractivity contribution is 7.92. The van der Waals surface area contributed by atoms with Crippen LogP contribution in [0.5, 0.6) is 5.75 Å². The lowest BCUT2D eigenvalue weighted by molar-refractivity contribution is -0.140. The summed E-state index contributed by atoms with van der Waals surface area (Å²) in [6.07, 6.45) is 0.236. The molecule has 0 radical (unpaired) electrons. The molecule has 0 fully saturated rings. The van der Waals surface area contributed by atoms with Crippen LogP contribution in [-0.4, -0.2) is 50.9 Å². The van der Waals surface area contributed by atoms with Crippen LogP contribution in [0.2, 0.25) is 5.02 Å². The first-order chi connectivity index (χ1) is 21.5. The van der Waals surface area contributed by atoms with Gasteiger partial charge in [0, 0.05) is 24.0 Å². The normalized spacial score (nSPS) is 12.0. The summed E-state index contributed by atoms with van der Waals surface area (Å²) in [5.41, 5.74) is 2.93. The summed E-state index contributed by atoms with van der Waals surface area (Å²) in [4.78, 5) is 29.7. The van der Waals surface area contributed by atoms with Crippen molar-refractivity contribution in [1.82, 2.24) is 10.2 Å². The summed E-state index contributed by atoms with van der Waals surface area (Å²) >= 11 is 6.29. The fraction of sp³-hybridized carbons (Fsp3) is 0.257. The largest absolute Gasteiger partial charge is 0.497 e. The number of nitrogens with zero attached hydrogens (tertiary/aromatic N) is 2. The van der Waals surface area contributed by atoms with Gasteiger partial charge < -0.3 is 15.0 Å². The number of anilines is 1. The van der Waals surface area contributed by atoms with Crippen LogP contribution in [0.25, 0.3) is 0 Å². The lowest BCUT2D eigenvalue weighted by atomic mass is 10.0. The van der Waals surface area contributed by atoms with Crippen molar-refractivity contribution >= 4 is 39.1 Å². The van der Waals surface area contributed by atoms with Crippen molar-refractivity contribution < 1.29 is 22.7 Å². The van der Waals surface area contributed by atoms with Gasteiger partial charge in [-0.05, 0) is 74.4 Å². The molecule has 4 aromatic carbocycles. The van der Waals surface area contributed by atoms with Crippen LogP contribution in [0, 0.1) is 6.92 Å². The van der Waals surface area contributed by atoms with E-state index in [1.165, 1.54) is 30.2 Å². The van der Waals surface area contributed by atoms with Crippen LogP contribution < -0.4 is 14.4 Å². The minimum absolute atomic E-state index is 0.0282. The maximum absolute atomic E-state index is 14.5. The third-order valence-corrected chi connectivity index (χ3v) is 9.22. The van der Waals surface area contributed by atoms with E-state index in [0.29, 0.717) is 10.8 Å². The molecule has 10 heteroatoms. The SMILES string of the molecule is COc1ccc(S(=O)(=O)N(CC(=O)N(Cc2ccc(C)cc2)[C@H](Cc2ccccc2)C(=O)NC(C)C)c2cccc(Cl)c2)cc1. The molecule has 0 aliphatic carbocycles. The van der Waals surface area contributed by atoms with E-state index in [1.54, 1.807) is 30.3 Å². The first-order valence-corrected chi connectivity index (χ1v) is 16.4. The number of carbonyl (C=O) groups is 2. The lowest BCUT2D eigenvalue weighted by Crippen LogP contribution is -2.54. The van der Waals surface area contributed by atoms with Gasteiger partial charge in [-0.2, -0.15) is 0 Å². The summed E-state index contributed by atoms with van der Waals surface area (Å²) in [6.45, 7) is 5.20. The first-order valence-electron chi connectivity index (χ1n) is 14.6. The lowest BCUT2D eigenvalue weighted by Gasteiger charge is -2.34. The van der Waals surface area contributed by atoms with E-state index < -0.39 is 28.5 Å². The van der Waals surface area contributed by atoms with Gasteiger partial charge in [0.25, 0.3) is 10.0 Å². The standard InChI is InChI=1S/C35H38ClN3O5S/c1-25(2)37-35(41)33(21-27-9-6-5-7-10-27)38(23-28-15-13-26(3)14-16-28)34(40)24-39(30-12-8-11-29(36)22-30)45(42,43)32-19-17-31(44-4)18-20-32/h5-20,22,25,33H,21,23-24H2,1-4H3,(H,37,41)/t33-/m1/s1. The van der Waals surface area contributed by atoms with Crippen LogP contribution in [0.15, 0.2) is 108 Å². The van der Waals surface area contributed by atoms with E-state index >= 15 is 0 Å². The van der Waals surface area contributed by atoms with Crippen LogP contribution in [-0.2, 0) is 32.6 Å². The van der Waals surface area contributed by atoms with E-state index in [-0.39, 0.29) is 35.5 Å². The molecule has 0 unspecified atom stereocenters. The van der Waals surface area contributed by atoms with Gasteiger partial charge in [-0.3, -0.25) is 13.9 Å². The zero-order valence-corrected chi connectivity index (χ0v) is 27.4. The molecule has 0 spiro atoms. The van der Waals surface area contributed by atoms with Crippen molar-refractivity contribution in [3.63, 3.8) is 0 Å². The van der Waals surface area contributed by atoms with Gasteiger partial charge in [0.05, 0.1) is 17.7 Å². The predicted octanol–water partition coefficient (Wildman–Crippen LogP) is 6.02. The van der Waals surface area contributed by atoms with Gasteiger partial charge in [0.2, 0.25) is 11.8 Å². The molecule has 0 bridgehead atoms. The molecule has 0 aliphatic heterocycles. The molecule has 4 rings (SSSR count). The minimum Gasteiger partial charge on any atom is -0.497 e. The Kier molecular flexibility index (Phi) is 11.3. The zero-order chi connectivity index (χ0) is 32.6. The van der Waals surface area contributed by atoms with Gasteiger partial charge in [0.15, 0.2) is 0 Å². The molecule has 0 saturated heterocycles. The van der Waals surface area contributed by atoms with Gasteiger partial charge in [0.1, 0.15) is 18.3 Å². The number of methoxy groups -OCH3 is 1. The number of rotatable bonds is 13. The Hall–Kier alpha value is -4.34. The number of ether oxygens (including phenoxy) is 1. The van der Waals surface area contributed by atoms with Crippen molar-refractivity contribution in [3.8, 4) is 5.75 Å².